The first-order chi connectivity index (χ1) is 18.5. The van der Waals surface area contributed by atoms with Crippen molar-refractivity contribution in [3.8, 4) is 5.75 Å². The number of carbonyl (C=O) groups excluding carboxylic acids is 2. The van der Waals surface area contributed by atoms with Crippen molar-refractivity contribution in [3.63, 3.8) is 0 Å². The summed E-state index contributed by atoms with van der Waals surface area (Å²) >= 11 is 0. The summed E-state index contributed by atoms with van der Waals surface area (Å²) in [6.07, 6.45) is -7.09. The first-order valence-electron chi connectivity index (χ1n) is 12.0. The Morgan fingerprint density at radius 2 is 1.77 bits per heavy atom. The van der Waals surface area contributed by atoms with Crippen LogP contribution >= 0.6 is 0 Å². The Morgan fingerprint density at radius 1 is 1.12 bits per heavy atom. The van der Waals surface area contributed by atoms with Crippen LogP contribution in [0.2, 0.25) is 0 Å². The number of alkyl halides is 3. The van der Waals surface area contributed by atoms with E-state index in [-0.39, 0.29) is 54.2 Å². The minimum absolute atomic E-state index is 0.0425. The van der Waals surface area contributed by atoms with Gasteiger partial charge in [-0.05, 0) is 63.2 Å². The number of benzene rings is 2. The maximum absolute atomic E-state index is 13.6. The zero-order valence-corrected chi connectivity index (χ0v) is 22.5. The molecule has 1 saturated heterocycles. The molecule has 0 spiro atoms. The van der Waals surface area contributed by atoms with Crippen LogP contribution < -0.4 is 19.7 Å². The summed E-state index contributed by atoms with van der Waals surface area (Å²) < 4.78 is 96.5. The lowest BCUT2D eigenvalue weighted by Gasteiger charge is -2.38. The first-order valence-corrected chi connectivity index (χ1v) is 13.5. The number of amides is 2. The van der Waals surface area contributed by atoms with Crippen LogP contribution in [0.3, 0.4) is 0 Å². The topological polar surface area (TPSA) is 123 Å². The average Bonchev–Trinajstić information content (AvgIpc) is 2.84. The third-order valence-electron chi connectivity index (χ3n) is 6.45. The number of carbonyl (C=O) groups is 2. The molecule has 0 unspecified atom stereocenters. The van der Waals surface area contributed by atoms with Gasteiger partial charge in [0.2, 0.25) is 11.5 Å². The van der Waals surface area contributed by atoms with E-state index >= 15 is 0 Å². The second kappa shape index (κ2) is 10.4. The SMILES string of the molecule is CC1(C(=O)NC[C@H]2CN(S(=O)(=O)c3ccc(F)cc3)c3cc(NC(=O)OC(C)(C)C(F)(F)F)ccc3O2)COC1. The van der Waals surface area contributed by atoms with Gasteiger partial charge in [0.15, 0.2) is 0 Å². The zero-order valence-electron chi connectivity index (χ0n) is 21.7. The Morgan fingerprint density at radius 3 is 2.35 bits per heavy atom. The third kappa shape index (κ3) is 5.94. The quantitative estimate of drug-likeness (QED) is 0.471. The van der Waals surface area contributed by atoms with Crippen molar-refractivity contribution in [1.29, 1.82) is 0 Å². The van der Waals surface area contributed by atoms with E-state index in [1.807, 2.05) is 0 Å². The third-order valence-corrected chi connectivity index (χ3v) is 8.24. The van der Waals surface area contributed by atoms with Crippen LogP contribution in [0.5, 0.6) is 5.75 Å². The summed E-state index contributed by atoms with van der Waals surface area (Å²) in [7, 11) is -4.32. The maximum atomic E-state index is 13.6. The highest BCUT2D eigenvalue weighted by atomic mass is 32.2. The Balaban J connectivity index is 1.61. The molecule has 2 heterocycles. The number of ether oxygens (including phenoxy) is 3. The van der Waals surface area contributed by atoms with Crippen LogP contribution in [-0.4, -0.2) is 64.6 Å². The number of hydrogen-bond donors (Lipinski definition) is 2. The standard InChI is InChI=1S/C25H27F4N3O7S/c1-23(2,25(27,28)29)39-22(34)31-16-6-9-20-19(10-16)32(40(35,36)18-7-4-15(26)5-8-18)12-17(38-20)11-30-21(33)24(3)13-37-14-24/h4-10,17H,11-14H2,1-3H3,(H,30,33)(H,31,34)/t17-/m0/s1. The van der Waals surface area contributed by atoms with Gasteiger partial charge < -0.3 is 19.5 Å². The number of nitrogens with zero attached hydrogens (tertiary/aromatic N) is 1. The van der Waals surface area contributed by atoms with Crippen LogP contribution in [0, 0.1) is 11.2 Å². The monoisotopic (exact) mass is 589 g/mol. The van der Waals surface area contributed by atoms with E-state index in [4.69, 9.17) is 9.47 Å². The molecule has 10 nitrogen and oxygen atoms in total. The minimum Gasteiger partial charge on any atom is -0.484 e. The van der Waals surface area contributed by atoms with Crippen molar-refractivity contribution >= 4 is 33.4 Å². The summed E-state index contributed by atoms with van der Waals surface area (Å²) in [5.74, 6) is -0.882. The maximum Gasteiger partial charge on any atom is 0.427 e. The van der Waals surface area contributed by atoms with E-state index in [9.17, 15) is 35.6 Å². The smallest absolute Gasteiger partial charge is 0.427 e. The number of halogens is 4. The predicted octanol–water partition coefficient (Wildman–Crippen LogP) is 3.82. The predicted molar refractivity (Wildman–Crippen MR) is 134 cm³/mol. The Kier molecular flexibility index (Phi) is 7.66. The van der Waals surface area contributed by atoms with E-state index in [2.05, 4.69) is 15.4 Å². The molecule has 0 aliphatic carbocycles. The fraction of sp³-hybridized carbons (Fsp3) is 0.440. The van der Waals surface area contributed by atoms with Gasteiger partial charge in [-0.2, -0.15) is 13.2 Å². The van der Waals surface area contributed by atoms with Crippen molar-refractivity contribution in [2.75, 3.05) is 35.9 Å². The van der Waals surface area contributed by atoms with Crippen LogP contribution in [0.4, 0.5) is 33.7 Å². The molecule has 2 amide bonds. The van der Waals surface area contributed by atoms with E-state index in [1.165, 1.54) is 18.2 Å². The Bertz CT molecular complexity index is 1390. The van der Waals surface area contributed by atoms with Gasteiger partial charge in [-0.25, -0.2) is 17.6 Å². The van der Waals surface area contributed by atoms with Gasteiger partial charge in [0.05, 0.1) is 42.3 Å². The summed E-state index contributed by atoms with van der Waals surface area (Å²) in [6.45, 7) is 3.25. The molecular weight excluding hydrogens is 562 g/mol. The van der Waals surface area contributed by atoms with Gasteiger partial charge in [0, 0.05) is 5.69 Å². The highest BCUT2D eigenvalue weighted by molar-refractivity contribution is 7.92. The van der Waals surface area contributed by atoms with E-state index < -0.39 is 45.2 Å². The van der Waals surface area contributed by atoms with E-state index in [0.29, 0.717) is 13.8 Å². The molecule has 218 valence electrons. The second-order valence-corrected chi connectivity index (χ2v) is 12.1. The van der Waals surface area contributed by atoms with Gasteiger partial charge in [-0.1, -0.05) is 0 Å². The molecule has 2 aromatic carbocycles. The Hall–Kier alpha value is -3.59. The largest absolute Gasteiger partial charge is 0.484 e. The van der Waals surface area contributed by atoms with Crippen molar-refractivity contribution < 1.29 is 49.8 Å². The molecule has 1 atom stereocenters. The van der Waals surface area contributed by atoms with Gasteiger partial charge in [0.1, 0.15) is 17.7 Å². The minimum atomic E-state index is -4.83. The molecule has 0 radical (unpaired) electrons. The highest BCUT2D eigenvalue weighted by Gasteiger charge is 2.51. The molecule has 0 bridgehead atoms. The average molecular weight is 590 g/mol. The van der Waals surface area contributed by atoms with Gasteiger partial charge in [-0.15, -0.1) is 0 Å². The van der Waals surface area contributed by atoms with Crippen molar-refractivity contribution in [2.24, 2.45) is 5.41 Å². The molecule has 2 aliphatic rings. The molecule has 4 rings (SSSR count). The lowest BCUT2D eigenvalue weighted by molar-refractivity contribution is -0.242. The fourth-order valence-corrected chi connectivity index (χ4v) is 5.35. The molecule has 2 N–H and O–H groups in total. The molecule has 15 heteroatoms. The molecule has 0 saturated carbocycles. The number of sulfonamides is 1. The fourth-order valence-electron chi connectivity index (χ4n) is 3.85. The van der Waals surface area contributed by atoms with Crippen molar-refractivity contribution in [1.82, 2.24) is 5.32 Å². The lowest BCUT2D eigenvalue weighted by atomic mass is 9.87. The summed E-state index contributed by atoms with van der Waals surface area (Å²) in [4.78, 5) is 24.5. The molecule has 2 aromatic rings. The second-order valence-electron chi connectivity index (χ2n) is 10.2. The van der Waals surface area contributed by atoms with Gasteiger partial charge >= 0.3 is 12.3 Å². The summed E-state index contributed by atoms with van der Waals surface area (Å²) in [6, 6.07) is 7.91. The normalized spacial score (nSPS) is 18.6. The number of anilines is 2. The number of rotatable bonds is 7. The van der Waals surface area contributed by atoms with E-state index in [0.717, 1.165) is 28.6 Å². The number of nitrogens with one attached hydrogen (secondary N) is 2. The van der Waals surface area contributed by atoms with E-state index in [1.54, 1.807) is 6.92 Å². The molecule has 2 aliphatic heterocycles. The molecule has 0 aromatic heterocycles. The molecule has 40 heavy (non-hydrogen) atoms. The lowest BCUT2D eigenvalue weighted by Crippen LogP contribution is -2.55. The molecular formula is C25H27F4N3O7S. The van der Waals surface area contributed by atoms with Crippen LogP contribution in [0.15, 0.2) is 47.4 Å². The van der Waals surface area contributed by atoms with Crippen LogP contribution in [-0.2, 0) is 24.3 Å². The first kappa shape index (κ1) is 29.4. The summed E-state index contributed by atoms with van der Waals surface area (Å²) in [5, 5.41) is 4.90. The number of fused-ring (bicyclic) bond motifs is 1. The molecule has 1 fully saturated rings. The van der Waals surface area contributed by atoms with Crippen LogP contribution in [0.1, 0.15) is 20.8 Å². The zero-order chi connectivity index (χ0) is 29.5. The van der Waals surface area contributed by atoms with Crippen molar-refractivity contribution in [2.45, 2.75) is 43.5 Å². The van der Waals surface area contributed by atoms with Gasteiger partial charge in [-0.3, -0.25) is 14.4 Å². The Labute approximate surface area is 227 Å². The number of hydrogen-bond acceptors (Lipinski definition) is 7. The van der Waals surface area contributed by atoms with Crippen molar-refractivity contribution in [3.05, 3.63) is 48.3 Å². The highest BCUT2D eigenvalue weighted by Crippen LogP contribution is 2.39. The summed E-state index contributed by atoms with van der Waals surface area (Å²) in [5.41, 5.74) is -3.61. The van der Waals surface area contributed by atoms with Crippen LogP contribution in [0.25, 0.3) is 0 Å². The van der Waals surface area contributed by atoms with Gasteiger partial charge in [0.25, 0.3) is 10.0 Å².